The zero-order valence-corrected chi connectivity index (χ0v) is 8.19. The minimum atomic E-state index is -0.244. The highest BCUT2D eigenvalue weighted by Crippen LogP contribution is 2.27. The molecule has 0 fully saturated rings. The number of aromatic hydroxyl groups is 1. The smallest absolute Gasteiger partial charge is 0.264 e. The van der Waals surface area contributed by atoms with Crippen LogP contribution in [-0.4, -0.2) is 15.3 Å². The van der Waals surface area contributed by atoms with Crippen molar-refractivity contribution in [3.8, 4) is 17.0 Å². The summed E-state index contributed by atoms with van der Waals surface area (Å²) in [4.78, 5) is 11.0. The number of H-pyrrole nitrogens is 1. The predicted octanol–water partition coefficient (Wildman–Crippen LogP) is 1.45. The Hall–Kier alpha value is -2.10. The summed E-state index contributed by atoms with van der Waals surface area (Å²) in [6.07, 6.45) is 0. The van der Waals surface area contributed by atoms with E-state index < -0.39 is 0 Å². The fraction of sp³-hybridized carbons (Fsp3) is 0.0909. The van der Waals surface area contributed by atoms with Crippen LogP contribution in [0.1, 0.15) is 5.56 Å². The first-order valence-electron chi connectivity index (χ1n) is 4.53. The number of para-hydroxylation sites is 1. The molecule has 0 aliphatic heterocycles. The standard InChI is InChI=1S/C11H10N2O2/c1-7-6-10(15)12-13-11(7)8-4-2-3-5-9(8)14/h2-6,14H,1H3,(H,12,15). The molecule has 2 aromatic rings. The molecule has 0 amide bonds. The first kappa shape index (κ1) is 9.45. The highest BCUT2D eigenvalue weighted by molar-refractivity contribution is 5.68. The Morgan fingerprint density at radius 3 is 2.73 bits per heavy atom. The molecule has 76 valence electrons. The van der Waals surface area contributed by atoms with E-state index in [1.807, 2.05) is 0 Å². The number of nitrogens with zero attached hydrogens (tertiary/aromatic N) is 1. The second kappa shape index (κ2) is 3.57. The maximum Gasteiger partial charge on any atom is 0.264 e. The third-order valence-corrected chi connectivity index (χ3v) is 2.16. The van der Waals surface area contributed by atoms with Crippen molar-refractivity contribution in [2.75, 3.05) is 0 Å². The zero-order valence-electron chi connectivity index (χ0n) is 8.19. The molecule has 4 nitrogen and oxygen atoms in total. The van der Waals surface area contributed by atoms with E-state index in [9.17, 15) is 9.90 Å². The Kier molecular flexibility index (Phi) is 2.25. The van der Waals surface area contributed by atoms with E-state index in [2.05, 4.69) is 10.2 Å². The van der Waals surface area contributed by atoms with Crippen molar-refractivity contribution in [2.24, 2.45) is 0 Å². The number of hydrogen-bond donors (Lipinski definition) is 2. The van der Waals surface area contributed by atoms with Gasteiger partial charge in [0.25, 0.3) is 5.56 Å². The van der Waals surface area contributed by atoms with Crippen LogP contribution >= 0.6 is 0 Å². The van der Waals surface area contributed by atoms with E-state index in [4.69, 9.17) is 0 Å². The minimum Gasteiger partial charge on any atom is -0.507 e. The second-order valence-corrected chi connectivity index (χ2v) is 3.28. The van der Waals surface area contributed by atoms with Gasteiger partial charge >= 0.3 is 0 Å². The summed E-state index contributed by atoms with van der Waals surface area (Å²) in [7, 11) is 0. The lowest BCUT2D eigenvalue weighted by atomic mass is 10.1. The van der Waals surface area contributed by atoms with Crippen LogP contribution in [0.5, 0.6) is 5.75 Å². The van der Waals surface area contributed by atoms with Crippen LogP contribution in [0.15, 0.2) is 35.1 Å². The van der Waals surface area contributed by atoms with Gasteiger partial charge in [0.1, 0.15) is 5.75 Å². The molecular weight excluding hydrogens is 192 g/mol. The average Bonchev–Trinajstić information content (AvgIpc) is 2.20. The van der Waals surface area contributed by atoms with Crippen LogP contribution in [-0.2, 0) is 0 Å². The number of aromatic amines is 1. The first-order chi connectivity index (χ1) is 7.18. The number of nitrogens with one attached hydrogen (secondary N) is 1. The van der Waals surface area contributed by atoms with Gasteiger partial charge in [-0.1, -0.05) is 12.1 Å². The number of benzene rings is 1. The molecule has 0 radical (unpaired) electrons. The van der Waals surface area contributed by atoms with Gasteiger partial charge in [-0.15, -0.1) is 0 Å². The van der Waals surface area contributed by atoms with Crippen molar-refractivity contribution >= 4 is 0 Å². The Morgan fingerprint density at radius 2 is 2.07 bits per heavy atom. The SMILES string of the molecule is Cc1cc(=O)[nH]nc1-c1ccccc1O. The lowest BCUT2D eigenvalue weighted by Crippen LogP contribution is -2.08. The molecular formula is C11H10N2O2. The van der Waals surface area contributed by atoms with Crippen LogP contribution in [0.3, 0.4) is 0 Å². The summed E-state index contributed by atoms with van der Waals surface area (Å²) < 4.78 is 0. The molecule has 0 atom stereocenters. The lowest BCUT2D eigenvalue weighted by molar-refractivity contribution is 0.477. The van der Waals surface area contributed by atoms with Gasteiger partial charge in [-0.05, 0) is 24.6 Å². The average molecular weight is 202 g/mol. The number of aromatic nitrogens is 2. The summed E-state index contributed by atoms with van der Waals surface area (Å²) in [5.74, 6) is 0.153. The first-order valence-corrected chi connectivity index (χ1v) is 4.53. The van der Waals surface area contributed by atoms with Gasteiger partial charge in [-0.2, -0.15) is 5.10 Å². The molecule has 1 aromatic carbocycles. The maximum absolute atomic E-state index is 11.0. The summed E-state index contributed by atoms with van der Waals surface area (Å²) >= 11 is 0. The van der Waals surface area contributed by atoms with Crippen molar-refractivity contribution < 1.29 is 5.11 Å². The quantitative estimate of drug-likeness (QED) is 0.735. The Balaban J connectivity index is 2.65. The van der Waals surface area contributed by atoms with Gasteiger partial charge < -0.3 is 5.11 Å². The molecule has 0 unspecified atom stereocenters. The molecule has 0 aliphatic carbocycles. The number of phenolic OH excluding ortho intramolecular Hbond substituents is 1. The van der Waals surface area contributed by atoms with Gasteiger partial charge in [-0.25, -0.2) is 5.10 Å². The zero-order chi connectivity index (χ0) is 10.8. The van der Waals surface area contributed by atoms with Gasteiger partial charge in [-0.3, -0.25) is 4.79 Å². The van der Waals surface area contributed by atoms with Crippen LogP contribution in [0.2, 0.25) is 0 Å². The van der Waals surface area contributed by atoms with Crippen molar-refractivity contribution in [3.05, 3.63) is 46.2 Å². The summed E-state index contributed by atoms with van der Waals surface area (Å²) in [5.41, 5.74) is 1.70. The Morgan fingerprint density at radius 1 is 1.33 bits per heavy atom. The predicted molar refractivity (Wildman–Crippen MR) is 56.7 cm³/mol. The Bertz CT molecular complexity index is 546. The fourth-order valence-electron chi connectivity index (χ4n) is 1.44. The van der Waals surface area contributed by atoms with E-state index in [-0.39, 0.29) is 11.3 Å². The monoisotopic (exact) mass is 202 g/mol. The van der Waals surface area contributed by atoms with Gasteiger partial charge in [0, 0.05) is 11.6 Å². The van der Waals surface area contributed by atoms with Crippen LogP contribution in [0.4, 0.5) is 0 Å². The maximum atomic E-state index is 11.0. The van der Waals surface area contributed by atoms with E-state index in [1.165, 1.54) is 6.07 Å². The lowest BCUT2D eigenvalue weighted by Gasteiger charge is -2.05. The normalized spacial score (nSPS) is 10.2. The highest BCUT2D eigenvalue weighted by Gasteiger charge is 2.07. The van der Waals surface area contributed by atoms with Gasteiger partial charge in [0.15, 0.2) is 0 Å². The largest absolute Gasteiger partial charge is 0.507 e. The van der Waals surface area contributed by atoms with Crippen molar-refractivity contribution in [2.45, 2.75) is 6.92 Å². The van der Waals surface area contributed by atoms with Crippen LogP contribution in [0, 0.1) is 6.92 Å². The second-order valence-electron chi connectivity index (χ2n) is 3.28. The fourth-order valence-corrected chi connectivity index (χ4v) is 1.44. The molecule has 1 heterocycles. The molecule has 1 aromatic heterocycles. The van der Waals surface area contributed by atoms with E-state index in [0.29, 0.717) is 11.3 Å². The van der Waals surface area contributed by atoms with E-state index >= 15 is 0 Å². The molecule has 2 rings (SSSR count). The minimum absolute atomic E-state index is 0.153. The topological polar surface area (TPSA) is 66.0 Å². The molecule has 0 aliphatic rings. The summed E-state index contributed by atoms with van der Waals surface area (Å²) in [6.45, 7) is 1.78. The summed E-state index contributed by atoms with van der Waals surface area (Å²) in [6, 6.07) is 8.33. The molecule has 0 bridgehead atoms. The third-order valence-electron chi connectivity index (χ3n) is 2.16. The molecule has 4 heteroatoms. The van der Waals surface area contributed by atoms with E-state index in [0.717, 1.165) is 5.56 Å². The molecule has 0 spiro atoms. The van der Waals surface area contributed by atoms with Crippen LogP contribution in [0.25, 0.3) is 11.3 Å². The molecule has 2 N–H and O–H groups in total. The highest BCUT2D eigenvalue weighted by atomic mass is 16.3. The third kappa shape index (κ3) is 1.74. The van der Waals surface area contributed by atoms with E-state index in [1.54, 1.807) is 31.2 Å². The molecule has 0 saturated carbocycles. The van der Waals surface area contributed by atoms with Crippen LogP contribution < -0.4 is 5.56 Å². The van der Waals surface area contributed by atoms with Crippen molar-refractivity contribution in [1.82, 2.24) is 10.2 Å². The van der Waals surface area contributed by atoms with Gasteiger partial charge in [0.2, 0.25) is 0 Å². The molecule has 0 saturated heterocycles. The number of aryl methyl sites for hydroxylation is 1. The number of rotatable bonds is 1. The van der Waals surface area contributed by atoms with Gasteiger partial charge in [0.05, 0.1) is 5.69 Å². The van der Waals surface area contributed by atoms with Crippen molar-refractivity contribution in [3.63, 3.8) is 0 Å². The number of phenols is 1. The molecule has 15 heavy (non-hydrogen) atoms. The summed E-state index contributed by atoms with van der Waals surface area (Å²) in [5, 5.41) is 15.9. The number of hydrogen-bond acceptors (Lipinski definition) is 3. The Labute approximate surface area is 86.2 Å². The van der Waals surface area contributed by atoms with Crippen molar-refractivity contribution in [1.29, 1.82) is 0 Å².